The zero-order valence-electron chi connectivity index (χ0n) is 10.5. The summed E-state index contributed by atoms with van der Waals surface area (Å²) in [6.07, 6.45) is 0.991. The molecule has 0 spiro atoms. The second kappa shape index (κ2) is 4.94. The molecule has 1 aromatic rings. The van der Waals surface area contributed by atoms with Crippen molar-refractivity contribution in [1.82, 2.24) is 0 Å². The lowest BCUT2D eigenvalue weighted by atomic mass is 10.0. The van der Waals surface area contributed by atoms with Crippen LogP contribution in [0.2, 0.25) is 0 Å². The third-order valence-electron chi connectivity index (χ3n) is 3.09. The monoisotopic (exact) mass is 237 g/mol. The molecular formula is C13H19NO3. The van der Waals surface area contributed by atoms with Crippen LogP contribution in [0.1, 0.15) is 24.2 Å². The fourth-order valence-electron chi connectivity index (χ4n) is 2.23. The second-order valence-corrected chi connectivity index (χ2v) is 4.29. The lowest BCUT2D eigenvalue weighted by Crippen LogP contribution is -2.15. The summed E-state index contributed by atoms with van der Waals surface area (Å²) in [4.78, 5) is 0. The smallest absolute Gasteiger partial charge is 0.125 e. The molecule has 17 heavy (non-hydrogen) atoms. The zero-order valence-corrected chi connectivity index (χ0v) is 10.5. The van der Waals surface area contributed by atoms with Crippen molar-refractivity contribution in [1.29, 1.82) is 0 Å². The third kappa shape index (κ3) is 2.23. The lowest BCUT2D eigenvalue weighted by Gasteiger charge is -2.18. The summed E-state index contributed by atoms with van der Waals surface area (Å²) in [6, 6.07) is 4.01. The van der Waals surface area contributed by atoms with Crippen LogP contribution in [0.25, 0.3) is 0 Å². The van der Waals surface area contributed by atoms with E-state index in [0.717, 1.165) is 23.5 Å². The molecule has 1 aliphatic heterocycles. The summed E-state index contributed by atoms with van der Waals surface area (Å²) < 4.78 is 16.5. The Morgan fingerprint density at radius 2 is 2.24 bits per heavy atom. The minimum absolute atomic E-state index is 0.158. The summed E-state index contributed by atoms with van der Waals surface area (Å²) in [5.74, 6) is 1.74. The number of nitrogens with two attached hydrogens (primary N) is 1. The van der Waals surface area contributed by atoms with Gasteiger partial charge in [0.1, 0.15) is 17.6 Å². The van der Waals surface area contributed by atoms with Gasteiger partial charge in [0.05, 0.1) is 13.2 Å². The van der Waals surface area contributed by atoms with Crippen LogP contribution < -0.4 is 15.2 Å². The minimum atomic E-state index is -0.158. The Kier molecular flexibility index (Phi) is 3.54. The van der Waals surface area contributed by atoms with Crippen LogP contribution in [0.4, 0.5) is 0 Å². The lowest BCUT2D eigenvalue weighted by molar-refractivity contribution is 0.107. The predicted molar refractivity (Wildman–Crippen MR) is 65.6 cm³/mol. The fourth-order valence-corrected chi connectivity index (χ4v) is 2.23. The molecule has 4 heteroatoms. The first-order valence-electron chi connectivity index (χ1n) is 5.80. The third-order valence-corrected chi connectivity index (χ3v) is 3.09. The van der Waals surface area contributed by atoms with Gasteiger partial charge in [0.2, 0.25) is 0 Å². The second-order valence-electron chi connectivity index (χ2n) is 4.29. The van der Waals surface area contributed by atoms with Gasteiger partial charge in [-0.1, -0.05) is 0 Å². The van der Waals surface area contributed by atoms with Gasteiger partial charge in [-0.25, -0.2) is 0 Å². The summed E-state index contributed by atoms with van der Waals surface area (Å²) >= 11 is 0. The Bertz CT molecular complexity index is 402. The molecule has 0 bridgehead atoms. The number of methoxy groups -OCH3 is 2. The van der Waals surface area contributed by atoms with Crippen molar-refractivity contribution in [2.45, 2.75) is 25.6 Å². The standard InChI is InChI=1S/C13H19NO3/c1-8-4-9-5-12(15-2)10(6-11(9)17-8)13(7-14)16-3/h5-6,8,13H,4,7,14H2,1-3H3. The van der Waals surface area contributed by atoms with E-state index in [4.69, 9.17) is 19.9 Å². The van der Waals surface area contributed by atoms with Crippen LogP contribution in [-0.4, -0.2) is 26.9 Å². The maximum atomic E-state index is 5.73. The van der Waals surface area contributed by atoms with E-state index >= 15 is 0 Å². The van der Waals surface area contributed by atoms with Gasteiger partial charge in [-0.15, -0.1) is 0 Å². The van der Waals surface area contributed by atoms with Gasteiger partial charge < -0.3 is 19.9 Å². The van der Waals surface area contributed by atoms with E-state index in [1.807, 2.05) is 12.1 Å². The highest BCUT2D eigenvalue weighted by molar-refractivity contribution is 5.49. The van der Waals surface area contributed by atoms with Crippen LogP contribution in [0.3, 0.4) is 0 Å². The maximum Gasteiger partial charge on any atom is 0.125 e. The SMILES string of the molecule is COc1cc2c(cc1C(CN)OC)OC(C)C2. The van der Waals surface area contributed by atoms with E-state index in [1.54, 1.807) is 14.2 Å². The summed E-state index contributed by atoms with van der Waals surface area (Å²) in [6.45, 7) is 2.48. The average molecular weight is 237 g/mol. The van der Waals surface area contributed by atoms with Crippen molar-refractivity contribution < 1.29 is 14.2 Å². The molecule has 0 saturated carbocycles. The number of fused-ring (bicyclic) bond motifs is 1. The number of hydrogen-bond donors (Lipinski definition) is 1. The van der Waals surface area contributed by atoms with E-state index < -0.39 is 0 Å². The molecule has 4 nitrogen and oxygen atoms in total. The first-order valence-corrected chi connectivity index (χ1v) is 5.80. The van der Waals surface area contributed by atoms with Gasteiger partial charge in [-0.2, -0.15) is 0 Å². The summed E-state index contributed by atoms with van der Waals surface area (Å²) in [5, 5.41) is 0. The molecule has 1 aliphatic rings. The average Bonchev–Trinajstić information content (AvgIpc) is 2.68. The largest absolute Gasteiger partial charge is 0.496 e. The molecule has 1 heterocycles. The molecule has 0 saturated heterocycles. The molecule has 94 valence electrons. The molecule has 2 atom stereocenters. The van der Waals surface area contributed by atoms with Crippen LogP contribution in [0.15, 0.2) is 12.1 Å². The maximum absolute atomic E-state index is 5.73. The van der Waals surface area contributed by atoms with Crippen molar-refractivity contribution in [3.8, 4) is 11.5 Å². The molecule has 2 unspecified atom stereocenters. The molecule has 0 aromatic heterocycles. The van der Waals surface area contributed by atoms with Crippen LogP contribution in [0.5, 0.6) is 11.5 Å². The molecule has 0 radical (unpaired) electrons. The van der Waals surface area contributed by atoms with Gasteiger partial charge in [-0.05, 0) is 19.1 Å². The Hall–Kier alpha value is -1.26. The highest BCUT2D eigenvalue weighted by atomic mass is 16.5. The van der Waals surface area contributed by atoms with Gasteiger partial charge in [0.15, 0.2) is 0 Å². The molecule has 0 fully saturated rings. The number of ether oxygens (including phenoxy) is 3. The van der Waals surface area contributed by atoms with E-state index in [-0.39, 0.29) is 12.2 Å². The van der Waals surface area contributed by atoms with Crippen molar-refractivity contribution in [3.05, 3.63) is 23.3 Å². The van der Waals surface area contributed by atoms with E-state index in [0.29, 0.717) is 6.54 Å². The first-order chi connectivity index (χ1) is 8.19. The first kappa shape index (κ1) is 12.2. The minimum Gasteiger partial charge on any atom is -0.496 e. The van der Waals surface area contributed by atoms with E-state index in [9.17, 15) is 0 Å². The molecule has 1 aromatic carbocycles. The quantitative estimate of drug-likeness (QED) is 0.865. The van der Waals surface area contributed by atoms with Gasteiger partial charge >= 0.3 is 0 Å². The van der Waals surface area contributed by atoms with Crippen molar-refractivity contribution in [3.63, 3.8) is 0 Å². The van der Waals surface area contributed by atoms with Crippen LogP contribution >= 0.6 is 0 Å². The van der Waals surface area contributed by atoms with Crippen molar-refractivity contribution in [2.24, 2.45) is 5.73 Å². The number of benzene rings is 1. The fraction of sp³-hybridized carbons (Fsp3) is 0.538. The summed E-state index contributed by atoms with van der Waals surface area (Å²) in [5.41, 5.74) is 7.82. The van der Waals surface area contributed by atoms with Crippen LogP contribution in [-0.2, 0) is 11.2 Å². The predicted octanol–water partition coefficient (Wildman–Crippen LogP) is 1.66. The molecule has 0 aliphatic carbocycles. The van der Waals surface area contributed by atoms with E-state index in [1.165, 1.54) is 5.56 Å². The highest BCUT2D eigenvalue weighted by Gasteiger charge is 2.24. The Morgan fingerprint density at radius 1 is 1.47 bits per heavy atom. The van der Waals surface area contributed by atoms with Crippen molar-refractivity contribution in [2.75, 3.05) is 20.8 Å². The molecule has 2 N–H and O–H groups in total. The highest BCUT2D eigenvalue weighted by Crippen LogP contribution is 2.37. The number of hydrogen-bond acceptors (Lipinski definition) is 4. The number of rotatable bonds is 4. The Morgan fingerprint density at radius 3 is 2.82 bits per heavy atom. The summed E-state index contributed by atoms with van der Waals surface area (Å²) in [7, 11) is 3.31. The molecule has 0 amide bonds. The zero-order chi connectivity index (χ0) is 12.4. The molecular weight excluding hydrogens is 218 g/mol. The van der Waals surface area contributed by atoms with Crippen molar-refractivity contribution >= 4 is 0 Å². The Balaban J connectivity index is 2.42. The van der Waals surface area contributed by atoms with E-state index in [2.05, 4.69) is 6.92 Å². The van der Waals surface area contributed by atoms with Gasteiger partial charge in [0, 0.05) is 31.2 Å². The Labute approximate surface area is 102 Å². The molecule has 2 rings (SSSR count). The van der Waals surface area contributed by atoms with Crippen LogP contribution in [0, 0.1) is 0 Å². The van der Waals surface area contributed by atoms with Gasteiger partial charge in [0.25, 0.3) is 0 Å². The van der Waals surface area contributed by atoms with Gasteiger partial charge in [-0.3, -0.25) is 0 Å². The topological polar surface area (TPSA) is 53.7 Å². The normalized spacial score (nSPS) is 19.6.